The summed E-state index contributed by atoms with van der Waals surface area (Å²) in [7, 11) is -3.05. The van der Waals surface area contributed by atoms with Crippen molar-refractivity contribution in [2.45, 2.75) is 18.9 Å². The molecule has 10 heteroatoms. The zero-order valence-electron chi connectivity index (χ0n) is 14.2. The minimum atomic E-state index is -3.05. The van der Waals surface area contributed by atoms with E-state index in [0.29, 0.717) is 20.7 Å². The van der Waals surface area contributed by atoms with Crippen LogP contribution < -0.4 is 5.32 Å². The predicted octanol–water partition coefficient (Wildman–Crippen LogP) is 2.23. The summed E-state index contributed by atoms with van der Waals surface area (Å²) in [5, 5.41) is 3.24. The fourth-order valence-corrected chi connectivity index (χ4v) is 6.01. The maximum Gasteiger partial charge on any atom is 0.266 e. The standard InChI is InChI=1S/C17H17ClN2O4S3/c18-13-4-2-1-3-11(13)9-14-16(22)20(17(25)26-14)7-5-15(21)19-12-6-8-27(23,24)10-12/h1-4,9,12H,5-8,10H2,(H,19,21)/b14-9+/t12-/m1/s1. The Morgan fingerprint density at radius 3 is 2.81 bits per heavy atom. The number of amides is 2. The summed E-state index contributed by atoms with van der Waals surface area (Å²) in [6.07, 6.45) is 2.17. The third-order valence-corrected chi connectivity index (χ3v) is 7.72. The monoisotopic (exact) mass is 444 g/mol. The summed E-state index contributed by atoms with van der Waals surface area (Å²) in [4.78, 5) is 26.5. The van der Waals surface area contributed by atoms with Gasteiger partial charge in [0.25, 0.3) is 5.91 Å². The molecule has 0 bridgehead atoms. The summed E-state index contributed by atoms with van der Waals surface area (Å²) < 4.78 is 23.3. The Morgan fingerprint density at radius 1 is 1.41 bits per heavy atom. The Kier molecular flexibility index (Phi) is 6.25. The first-order valence-electron chi connectivity index (χ1n) is 8.25. The van der Waals surface area contributed by atoms with Crippen LogP contribution in [0.3, 0.4) is 0 Å². The molecule has 0 aliphatic carbocycles. The molecule has 0 saturated carbocycles. The smallest absolute Gasteiger partial charge is 0.266 e. The van der Waals surface area contributed by atoms with E-state index in [1.807, 2.05) is 6.07 Å². The molecule has 0 spiro atoms. The van der Waals surface area contributed by atoms with E-state index in [1.54, 1.807) is 24.3 Å². The van der Waals surface area contributed by atoms with Gasteiger partial charge < -0.3 is 5.32 Å². The SMILES string of the molecule is O=C(CCN1C(=O)/C(=C\c2ccccc2Cl)SC1=S)N[C@@H]1CCS(=O)(=O)C1. The number of thioether (sulfide) groups is 1. The Hall–Kier alpha value is -1.42. The van der Waals surface area contributed by atoms with Crippen molar-refractivity contribution in [1.29, 1.82) is 0 Å². The predicted molar refractivity (Wildman–Crippen MR) is 111 cm³/mol. The second-order valence-electron chi connectivity index (χ2n) is 6.27. The first kappa shape index (κ1) is 20.3. The van der Waals surface area contributed by atoms with Crippen molar-refractivity contribution in [3.63, 3.8) is 0 Å². The summed E-state index contributed by atoms with van der Waals surface area (Å²) in [5.74, 6) is -0.484. The molecule has 6 nitrogen and oxygen atoms in total. The Balaban J connectivity index is 1.58. The lowest BCUT2D eigenvalue weighted by Crippen LogP contribution is -2.38. The number of sulfone groups is 1. The summed E-state index contributed by atoms with van der Waals surface area (Å²) in [6.45, 7) is 0.149. The van der Waals surface area contributed by atoms with Gasteiger partial charge in [0.2, 0.25) is 5.91 Å². The molecule has 2 aliphatic rings. The van der Waals surface area contributed by atoms with E-state index in [-0.39, 0.29) is 42.3 Å². The number of benzene rings is 1. The van der Waals surface area contributed by atoms with Gasteiger partial charge in [-0.25, -0.2) is 8.42 Å². The van der Waals surface area contributed by atoms with Gasteiger partial charge in [0.1, 0.15) is 4.32 Å². The van der Waals surface area contributed by atoms with Gasteiger partial charge in [0.15, 0.2) is 9.84 Å². The van der Waals surface area contributed by atoms with E-state index >= 15 is 0 Å². The van der Waals surface area contributed by atoms with Crippen molar-refractivity contribution in [2.75, 3.05) is 18.1 Å². The van der Waals surface area contributed by atoms with Crippen LogP contribution in [-0.2, 0) is 19.4 Å². The maximum absolute atomic E-state index is 12.6. The van der Waals surface area contributed by atoms with Crippen molar-refractivity contribution in [1.82, 2.24) is 10.2 Å². The molecular weight excluding hydrogens is 428 g/mol. The zero-order chi connectivity index (χ0) is 19.6. The van der Waals surface area contributed by atoms with Crippen LogP contribution in [0.2, 0.25) is 5.02 Å². The van der Waals surface area contributed by atoms with Crippen molar-refractivity contribution in [2.24, 2.45) is 0 Å². The average Bonchev–Trinajstić information content (AvgIpc) is 3.07. The van der Waals surface area contributed by atoms with E-state index in [1.165, 1.54) is 16.7 Å². The molecule has 2 amide bonds. The second kappa shape index (κ2) is 8.30. The van der Waals surface area contributed by atoms with Crippen LogP contribution in [-0.4, -0.2) is 53.5 Å². The normalized spacial score (nSPS) is 23.2. The molecule has 2 heterocycles. The second-order valence-corrected chi connectivity index (χ2v) is 10.6. The Bertz CT molecular complexity index is 930. The van der Waals surface area contributed by atoms with Crippen LogP contribution in [0.25, 0.3) is 6.08 Å². The molecule has 0 aromatic heterocycles. The number of carbonyl (C=O) groups excluding carboxylic acids is 2. The lowest BCUT2D eigenvalue weighted by molar-refractivity contribution is -0.124. The molecule has 2 fully saturated rings. The lowest BCUT2D eigenvalue weighted by atomic mass is 10.2. The first-order chi connectivity index (χ1) is 12.7. The lowest BCUT2D eigenvalue weighted by Gasteiger charge is -2.15. The van der Waals surface area contributed by atoms with Gasteiger partial charge in [-0.05, 0) is 24.1 Å². The minimum Gasteiger partial charge on any atom is -0.352 e. The summed E-state index contributed by atoms with van der Waals surface area (Å²) >= 11 is 12.5. The minimum absolute atomic E-state index is 0.0274. The third-order valence-electron chi connectivity index (χ3n) is 4.23. The molecule has 0 radical (unpaired) electrons. The molecule has 1 aromatic rings. The zero-order valence-corrected chi connectivity index (χ0v) is 17.4. The number of rotatable bonds is 5. The molecule has 144 valence electrons. The van der Waals surface area contributed by atoms with E-state index < -0.39 is 9.84 Å². The van der Waals surface area contributed by atoms with Crippen molar-refractivity contribution < 1.29 is 18.0 Å². The number of nitrogens with one attached hydrogen (secondary N) is 1. The molecule has 2 aliphatic heterocycles. The summed E-state index contributed by atoms with van der Waals surface area (Å²) in [5.41, 5.74) is 0.722. The Morgan fingerprint density at radius 2 is 2.15 bits per heavy atom. The molecular formula is C17H17ClN2O4S3. The molecule has 1 aromatic carbocycles. The number of carbonyl (C=O) groups is 2. The molecule has 27 heavy (non-hydrogen) atoms. The van der Waals surface area contributed by atoms with Gasteiger partial charge >= 0.3 is 0 Å². The molecule has 1 N–H and O–H groups in total. The van der Waals surface area contributed by atoms with Gasteiger partial charge in [0.05, 0.1) is 16.4 Å². The molecule has 3 rings (SSSR count). The van der Waals surface area contributed by atoms with E-state index in [2.05, 4.69) is 5.32 Å². The number of halogens is 1. The molecule has 1 atom stereocenters. The van der Waals surface area contributed by atoms with Crippen LogP contribution in [0.4, 0.5) is 0 Å². The average molecular weight is 445 g/mol. The van der Waals surface area contributed by atoms with E-state index in [9.17, 15) is 18.0 Å². The van der Waals surface area contributed by atoms with Gasteiger partial charge in [-0.2, -0.15) is 0 Å². The highest BCUT2D eigenvalue weighted by atomic mass is 35.5. The molecule has 0 unspecified atom stereocenters. The fraction of sp³-hybridized carbons (Fsp3) is 0.353. The highest BCUT2D eigenvalue weighted by Crippen LogP contribution is 2.33. The molecule has 2 saturated heterocycles. The van der Waals surface area contributed by atoms with Crippen LogP contribution in [0.1, 0.15) is 18.4 Å². The highest BCUT2D eigenvalue weighted by molar-refractivity contribution is 8.26. The quantitative estimate of drug-likeness (QED) is 0.554. The fourth-order valence-electron chi connectivity index (χ4n) is 2.85. The van der Waals surface area contributed by atoms with E-state index in [4.69, 9.17) is 23.8 Å². The first-order valence-corrected chi connectivity index (χ1v) is 11.7. The number of nitrogens with zero attached hydrogens (tertiary/aromatic N) is 1. The van der Waals surface area contributed by atoms with Gasteiger partial charge in [-0.15, -0.1) is 0 Å². The van der Waals surface area contributed by atoms with Crippen molar-refractivity contribution >= 4 is 67.6 Å². The van der Waals surface area contributed by atoms with Crippen LogP contribution >= 0.6 is 35.6 Å². The number of hydrogen-bond donors (Lipinski definition) is 1. The Labute approximate surface area is 172 Å². The number of hydrogen-bond acceptors (Lipinski definition) is 6. The summed E-state index contributed by atoms with van der Waals surface area (Å²) in [6, 6.07) is 6.82. The van der Waals surface area contributed by atoms with E-state index in [0.717, 1.165) is 5.56 Å². The van der Waals surface area contributed by atoms with Gasteiger partial charge in [-0.1, -0.05) is 53.8 Å². The third kappa shape index (κ3) is 5.10. The highest BCUT2D eigenvalue weighted by Gasteiger charge is 2.33. The van der Waals surface area contributed by atoms with Crippen LogP contribution in [0, 0.1) is 0 Å². The van der Waals surface area contributed by atoms with Gasteiger partial charge in [0, 0.05) is 24.0 Å². The largest absolute Gasteiger partial charge is 0.352 e. The van der Waals surface area contributed by atoms with Crippen LogP contribution in [0.15, 0.2) is 29.2 Å². The van der Waals surface area contributed by atoms with Crippen molar-refractivity contribution in [3.05, 3.63) is 39.8 Å². The van der Waals surface area contributed by atoms with Crippen LogP contribution in [0.5, 0.6) is 0 Å². The van der Waals surface area contributed by atoms with Crippen molar-refractivity contribution in [3.8, 4) is 0 Å². The maximum atomic E-state index is 12.6. The number of thiocarbonyl (C=S) groups is 1. The topological polar surface area (TPSA) is 83.6 Å². The van der Waals surface area contributed by atoms with Gasteiger partial charge in [-0.3, -0.25) is 14.5 Å².